The third-order valence-corrected chi connectivity index (χ3v) is 4.71. The summed E-state index contributed by atoms with van der Waals surface area (Å²) in [6.07, 6.45) is 10.4. The van der Waals surface area contributed by atoms with E-state index in [4.69, 9.17) is 5.73 Å². The predicted molar refractivity (Wildman–Crippen MR) is 60.0 cm³/mol. The third kappa shape index (κ3) is 1.89. The summed E-state index contributed by atoms with van der Waals surface area (Å²) in [5, 5.41) is 0. The Morgan fingerprint density at radius 3 is 2.85 bits per heavy atom. The minimum Gasteiger partial charge on any atom is -0.325 e. The van der Waals surface area contributed by atoms with Gasteiger partial charge in [0.15, 0.2) is 0 Å². The molecular formula is C11H21NS. The average molecular weight is 199 g/mol. The SMILES string of the molecule is CSCCCC1(N)CC2CCC1C2. The number of nitrogens with two attached hydrogens (primary N) is 1. The second-order valence-electron chi connectivity index (χ2n) is 4.91. The lowest BCUT2D eigenvalue weighted by Crippen LogP contribution is -2.44. The van der Waals surface area contributed by atoms with Crippen molar-refractivity contribution in [1.82, 2.24) is 0 Å². The van der Waals surface area contributed by atoms with E-state index in [1.807, 2.05) is 11.8 Å². The second kappa shape index (κ2) is 3.82. The summed E-state index contributed by atoms with van der Waals surface area (Å²) in [5.41, 5.74) is 6.72. The molecule has 0 aromatic rings. The fourth-order valence-electron chi connectivity index (χ4n) is 3.34. The molecular weight excluding hydrogens is 178 g/mol. The molecule has 76 valence electrons. The zero-order valence-corrected chi connectivity index (χ0v) is 9.41. The molecule has 0 amide bonds. The summed E-state index contributed by atoms with van der Waals surface area (Å²) in [4.78, 5) is 0. The van der Waals surface area contributed by atoms with Crippen molar-refractivity contribution in [3.8, 4) is 0 Å². The molecule has 13 heavy (non-hydrogen) atoms. The molecule has 2 fully saturated rings. The van der Waals surface area contributed by atoms with E-state index in [9.17, 15) is 0 Å². The highest BCUT2D eigenvalue weighted by Gasteiger charge is 2.47. The van der Waals surface area contributed by atoms with E-state index in [-0.39, 0.29) is 5.54 Å². The molecule has 0 aromatic carbocycles. The molecule has 2 aliphatic rings. The highest BCUT2D eigenvalue weighted by atomic mass is 32.2. The smallest absolute Gasteiger partial charge is 0.0185 e. The molecule has 0 spiro atoms. The van der Waals surface area contributed by atoms with Crippen LogP contribution in [-0.4, -0.2) is 17.5 Å². The van der Waals surface area contributed by atoms with Gasteiger partial charge in [-0.05, 0) is 55.9 Å². The molecule has 2 heteroatoms. The Kier molecular flexibility index (Phi) is 2.89. The molecule has 0 aromatic heterocycles. The van der Waals surface area contributed by atoms with Crippen molar-refractivity contribution in [2.45, 2.75) is 44.1 Å². The van der Waals surface area contributed by atoms with Gasteiger partial charge in [0.05, 0.1) is 0 Å². The van der Waals surface area contributed by atoms with Crippen LogP contribution in [0, 0.1) is 11.8 Å². The molecule has 2 N–H and O–H groups in total. The summed E-state index contributed by atoms with van der Waals surface area (Å²) in [7, 11) is 0. The Bertz CT molecular complexity index is 183. The van der Waals surface area contributed by atoms with Crippen LogP contribution in [0.4, 0.5) is 0 Å². The van der Waals surface area contributed by atoms with Crippen LogP contribution in [0.1, 0.15) is 38.5 Å². The molecule has 2 saturated carbocycles. The number of hydrogen-bond acceptors (Lipinski definition) is 2. The zero-order chi connectivity index (χ0) is 9.31. The first-order chi connectivity index (χ1) is 6.24. The van der Waals surface area contributed by atoms with Crippen molar-refractivity contribution in [1.29, 1.82) is 0 Å². The Morgan fingerprint density at radius 1 is 1.46 bits per heavy atom. The van der Waals surface area contributed by atoms with E-state index in [0.29, 0.717) is 0 Å². The first-order valence-electron chi connectivity index (χ1n) is 5.52. The van der Waals surface area contributed by atoms with E-state index in [1.165, 1.54) is 44.3 Å². The maximum absolute atomic E-state index is 6.48. The lowest BCUT2D eigenvalue weighted by Gasteiger charge is -2.33. The first-order valence-corrected chi connectivity index (χ1v) is 6.92. The Balaban J connectivity index is 1.83. The van der Waals surface area contributed by atoms with Gasteiger partial charge in [-0.25, -0.2) is 0 Å². The quantitative estimate of drug-likeness (QED) is 0.704. The van der Waals surface area contributed by atoms with Crippen LogP contribution in [0.15, 0.2) is 0 Å². The van der Waals surface area contributed by atoms with Crippen molar-refractivity contribution in [2.75, 3.05) is 12.0 Å². The lowest BCUT2D eigenvalue weighted by molar-refractivity contribution is 0.252. The number of hydrogen-bond donors (Lipinski definition) is 1. The number of fused-ring (bicyclic) bond motifs is 2. The van der Waals surface area contributed by atoms with E-state index >= 15 is 0 Å². The van der Waals surface area contributed by atoms with Crippen LogP contribution in [0.5, 0.6) is 0 Å². The van der Waals surface area contributed by atoms with Crippen LogP contribution < -0.4 is 5.73 Å². The van der Waals surface area contributed by atoms with Gasteiger partial charge in [-0.1, -0.05) is 6.42 Å². The van der Waals surface area contributed by atoms with Gasteiger partial charge in [-0.3, -0.25) is 0 Å². The van der Waals surface area contributed by atoms with Crippen molar-refractivity contribution < 1.29 is 0 Å². The van der Waals surface area contributed by atoms with E-state index in [0.717, 1.165) is 11.8 Å². The fourth-order valence-corrected chi connectivity index (χ4v) is 3.77. The molecule has 0 saturated heterocycles. The number of thioether (sulfide) groups is 1. The van der Waals surface area contributed by atoms with E-state index in [2.05, 4.69) is 6.26 Å². The van der Waals surface area contributed by atoms with Crippen molar-refractivity contribution in [3.05, 3.63) is 0 Å². The maximum atomic E-state index is 6.48. The molecule has 3 unspecified atom stereocenters. The highest BCUT2D eigenvalue weighted by molar-refractivity contribution is 7.98. The van der Waals surface area contributed by atoms with Crippen molar-refractivity contribution in [3.63, 3.8) is 0 Å². The van der Waals surface area contributed by atoms with Gasteiger partial charge < -0.3 is 5.73 Å². The standard InChI is InChI=1S/C11H21NS/c1-13-6-2-5-11(12)8-9-3-4-10(11)7-9/h9-10H,2-8,12H2,1H3. The fraction of sp³-hybridized carbons (Fsp3) is 1.00. The monoisotopic (exact) mass is 199 g/mol. The van der Waals surface area contributed by atoms with Gasteiger partial charge in [0.2, 0.25) is 0 Å². The molecule has 2 bridgehead atoms. The van der Waals surface area contributed by atoms with Crippen molar-refractivity contribution >= 4 is 11.8 Å². The maximum Gasteiger partial charge on any atom is 0.0185 e. The highest BCUT2D eigenvalue weighted by Crippen LogP contribution is 2.51. The molecule has 1 nitrogen and oxygen atoms in total. The van der Waals surface area contributed by atoms with E-state index < -0.39 is 0 Å². The third-order valence-electron chi connectivity index (χ3n) is 4.01. The van der Waals surface area contributed by atoms with Crippen LogP contribution in [0.25, 0.3) is 0 Å². The van der Waals surface area contributed by atoms with Crippen LogP contribution >= 0.6 is 11.8 Å². The molecule has 2 rings (SSSR count). The molecule has 0 radical (unpaired) electrons. The van der Waals surface area contributed by atoms with Gasteiger partial charge in [-0.2, -0.15) is 11.8 Å². The Hall–Kier alpha value is 0.310. The van der Waals surface area contributed by atoms with Gasteiger partial charge >= 0.3 is 0 Å². The molecule has 0 aliphatic heterocycles. The first kappa shape index (κ1) is 9.85. The van der Waals surface area contributed by atoms with Gasteiger partial charge in [0.25, 0.3) is 0 Å². The second-order valence-corrected chi connectivity index (χ2v) is 5.90. The summed E-state index contributed by atoms with van der Waals surface area (Å²) in [5.74, 6) is 3.15. The Morgan fingerprint density at radius 2 is 2.31 bits per heavy atom. The minimum atomic E-state index is 0.249. The van der Waals surface area contributed by atoms with Crippen LogP contribution in [0.2, 0.25) is 0 Å². The molecule has 3 atom stereocenters. The summed E-state index contributed by atoms with van der Waals surface area (Å²) in [6.45, 7) is 0. The summed E-state index contributed by atoms with van der Waals surface area (Å²) >= 11 is 1.95. The Labute approximate surface area is 85.8 Å². The average Bonchev–Trinajstić information content (AvgIpc) is 2.64. The summed E-state index contributed by atoms with van der Waals surface area (Å²) in [6, 6.07) is 0. The van der Waals surface area contributed by atoms with Crippen LogP contribution in [-0.2, 0) is 0 Å². The van der Waals surface area contributed by atoms with Gasteiger partial charge in [-0.15, -0.1) is 0 Å². The van der Waals surface area contributed by atoms with E-state index in [1.54, 1.807) is 0 Å². The molecule has 2 aliphatic carbocycles. The molecule has 0 heterocycles. The topological polar surface area (TPSA) is 26.0 Å². The lowest BCUT2D eigenvalue weighted by atomic mass is 9.79. The van der Waals surface area contributed by atoms with Crippen molar-refractivity contribution in [2.24, 2.45) is 17.6 Å². The zero-order valence-electron chi connectivity index (χ0n) is 8.59. The normalized spacial score (nSPS) is 42.9. The van der Waals surface area contributed by atoms with Gasteiger partial charge in [0.1, 0.15) is 0 Å². The van der Waals surface area contributed by atoms with Gasteiger partial charge in [0, 0.05) is 5.54 Å². The minimum absolute atomic E-state index is 0.249. The largest absolute Gasteiger partial charge is 0.325 e. The van der Waals surface area contributed by atoms with Crippen LogP contribution in [0.3, 0.4) is 0 Å². The number of rotatable bonds is 4. The predicted octanol–water partition coefficient (Wildman–Crippen LogP) is 2.65. The summed E-state index contributed by atoms with van der Waals surface area (Å²) < 4.78 is 0.